The van der Waals surface area contributed by atoms with Crippen LogP contribution in [0, 0.1) is 12.5 Å². The molecule has 0 aliphatic heterocycles. The van der Waals surface area contributed by atoms with Crippen molar-refractivity contribution in [3.05, 3.63) is 53.8 Å². The lowest BCUT2D eigenvalue weighted by molar-refractivity contribution is -0.113. The Labute approximate surface area is 150 Å². The molecule has 0 aliphatic rings. The second-order valence-electron chi connectivity index (χ2n) is 5.63. The lowest BCUT2D eigenvalue weighted by Crippen LogP contribution is -2.05. The summed E-state index contributed by atoms with van der Waals surface area (Å²) in [6.07, 6.45) is 8.98. The van der Waals surface area contributed by atoms with Crippen molar-refractivity contribution in [3.8, 4) is 0 Å². The number of Topliss-reactive ketones (excluding diaryl/α,β-unsaturated/α-hetero) is 1. The van der Waals surface area contributed by atoms with E-state index in [1.807, 2.05) is 45.0 Å². The van der Waals surface area contributed by atoms with Gasteiger partial charge in [0.2, 0.25) is 0 Å². The number of ketones is 1. The van der Waals surface area contributed by atoms with Crippen LogP contribution in [0.1, 0.15) is 79.3 Å². The number of hydrogen-bond acceptors (Lipinski definition) is 1. The second kappa shape index (κ2) is 13.6. The third-order valence-electron chi connectivity index (χ3n) is 3.79. The van der Waals surface area contributed by atoms with Crippen molar-refractivity contribution in [1.82, 2.24) is 0 Å². The first-order valence-electron chi connectivity index (χ1n) is 9.30. The molecule has 1 aromatic carbocycles. The average Bonchev–Trinajstić information content (AvgIpc) is 2.61. The smallest absolute Gasteiger partial charge is 0.162 e. The molecule has 132 valence electrons. The zero-order valence-electron chi connectivity index (χ0n) is 17.1. The Morgan fingerprint density at radius 3 is 2.33 bits per heavy atom. The van der Waals surface area contributed by atoms with Gasteiger partial charge in [0, 0.05) is 13.4 Å². The Hall–Kier alpha value is -1.85. The van der Waals surface area contributed by atoms with Crippen LogP contribution < -0.4 is 0 Å². The fourth-order valence-electron chi connectivity index (χ4n) is 2.72. The highest BCUT2D eigenvalue weighted by Gasteiger charge is 2.13. The minimum Gasteiger partial charge on any atom is -0.294 e. The largest absolute Gasteiger partial charge is 0.294 e. The molecule has 0 saturated heterocycles. The molecule has 0 aromatic heterocycles. The van der Waals surface area contributed by atoms with Crippen LogP contribution in [0.15, 0.2) is 36.1 Å². The van der Waals surface area contributed by atoms with Crippen LogP contribution in [0.5, 0.6) is 0 Å². The van der Waals surface area contributed by atoms with Gasteiger partial charge in [-0.1, -0.05) is 71.7 Å². The third-order valence-corrected chi connectivity index (χ3v) is 3.79. The van der Waals surface area contributed by atoms with E-state index in [0.717, 1.165) is 42.4 Å². The molecular weight excluding hydrogens is 292 g/mol. The van der Waals surface area contributed by atoms with Crippen molar-refractivity contribution in [2.45, 2.75) is 66.7 Å². The van der Waals surface area contributed by atoms with Crippen LogP contribution >= 0.6 is 0 Å². The topological polar surface area (TPSA) is 17.1 Å². The SMILES string of the molecule is CC.[CH]=C=Cc1cccc(/C(=C\C(CCC)CCC)C(=O)CC)c1.[H]. The van der Waals surface area contributed by atoms with Crippen LogP contribution in [0.4, 0.5) is 0 Å². The molecule has 0 amide bonds. The molecule has 1 aromatic rings. The molecule has 0 bridgehead atoms. The number of carbonyl (C=O) groups excluding carboxylic acids is 1. The Morgan fingerprint density at radius 1 is 1.21 bits per heavy atom. The van der Waals surface area contributed by atoms with Crippen LogP contribution in [-0.4, -0.2) is 5.78 Å². The Morgan fingerprint density at radius 2 is 1.83 bits per heavy atom. The molecule has 24 heavy (non-hydrogen) atoms. The van der Waals surface area contributed by atoms with E-state index in [9.17, 15) is 4.79 Å². The minimum atomic E-state index is 0. The maximum absolute atomic E-state index is 12.4. The highest BCUT2D eigenvalue weighted by atomic mass is 16.1. The van der Waals surface area contributed by atoms with E-state index in [4.69, 9.17) is 6.58 Å². The summed E-state index contributed by atoms with van der Waals surface area (Å²) in [5.41, 5.74) is 5.34. The van der Waals surface area contributed by atoms with Gasteiger partial charge < -0.3 is 0 Å². The molecule has 0 unspecified atom stereocenters. The Bertz CT molecular complexity index is 559. The van der Waals surface area contributed by atoms with E-state index in [-0.39, 0.29) is 7.21 Å². The first-order chi connectivity index (χ1) is 11.7. The lowest BCUT2D eigenvalue weighted by atomic mass is 9.90. The predicted molar refractivity (Wildman–Crippen MR) is 108 cm³/mol. The number of allylic oxidation sites excluding steroid dienone is 2. The summed E-state index contributed by atoms with van der Waals surface area (Å²) >= 11 is 0. The molecule has 0 saturated carbocycles. The van der Waals surface area contributed by atoms with Crippen molar-refractivity contribution in [1.29, 1.82) is 0 Å². The van der Waals surface area contributed by atoms with Crippen molar-refractivity contribution in [2.24, 2.45) is 5.92 Å². The Balaban J connectivity index is 0. The summed E-state index contributed by atoms with van der Waals surface area (Å²) in [5, 5.41) is 0. The number of rotatable bonds is 9. The van der Waals surface area contributed by atoms with Gasteiger partial charge >= 0.3 is 0 Å². The van der Waals surface area contributed by atoms with Crippen LogP contribution in [-0.2, 0) is 4.79 Å². The van der Waals surface area contributed by atoms with Gasteiger partial charge in [-0.3, -0.25) is 4.79 Å². The standard InChI is InChI=1S/C21H27O.C2H6.H/c1-5-10-17(11-6-2)16-20(21(22)8-4)19-14-9-13-18(15-19)12-7-3;1-2;/h3,9,12-17H,5-6,8,10-11H2,1-2,4H3;1-2H3;/b20-16+;;. The van der Waals surface area contributed by atoms with Gasteiger partial charge in [-0.25, -0.2) is 0 Å². The summed E-state index contributed by atoms with van der Waals surface area (Å²) < 4.78 is 0. The molecule has 0 N–H and O–H groups in total. The Kier molecular flexibility index (Phi) is 12.5. The van der Waals surface area contributed by atoms with Gasteiger partial charge in [-0.15, -0.1) is 5.73 Å². The van der Waals surface area contributed by atoms with E-state index in [1.165, 1.54) is 0 Å². The van der Waals surface area contributed by atoms with Crippen molar-refractivity contribution in [3.63, 3.8) is 0 Å². The molecule has 1 nitrogen and oxygen atoms in total. The third kappa shape index (κ3) is 7.62. The monoisotopic (exact) mass is 326 g/mol. The first kappa shape index (κ1) is 22.1. The summed E-state index contributed by atoms with van der Waals surface area (Å²) in [6.45, 7) is 15.7. The van der Waals surface area contributed by atoms with E-state index in [1.54, 1.807) is 6.08 Å². The average molecular weight is 327 g/mol. The van der Waals surface area contributed by atoms with Crippen molar-refractivity contribution < 1.29 is 6.22 Å². The van der Waals surface area contributed by atoms with E-state index < -0.39 is 0 Å². The van der Waals surface area contributed by atoms with Crippen molar-refractivity contribution >= 4 is 17.4 Å². The number of hydrogen-bond donors (Lipinski definition) is 0. The summed E-state index contributed by atoms with van der Waals surface area (Å²) in [7, 11) is 0. The van der Waals surface area contributed by atoms with E-state index in [0.29, 0.717) is 12.3 Å². The highest BCUT2D eigenvalue weighted by molar-refractivity contribution is 6.20. The fourth-order valence-corrected chi connectivity index (χ4v) is 2.72. The normalized spacial score (nSPS) is 10.7. The fraction of sp³-hybridized carbons (Fsp3) is 0.478. The number of carbonyl (C=O) groups is 1. The van der Waals surface area contributed by atoms with E-state index in [2.05, 4.69) is 25.7 Å². The molecule has 1 heteroatoms. The predicted octanol–water partition coefficient (Wildman–Crippen LogP) is 7.01. The maximum atomic E-state index is 12.4. The molecular formula is C23H34O. The molecule has 0 heterocycles. The lowest BCUT2D eigenvalue weighted by Gasteiger charge is -2.14. The van der Waals surface area contributed by atoms with Crippen LogP contribution in [0.2, 0.25) is 0 Å². The van der Waals surface area contributed by atoms with Gasteiger partial charge in [0.05, 0.1) is 0 Å². The second-order valence-corrected chi connectivity index (χ2v) is 5.63. The first-order valence-corrected chi connectivity index (χ1v) is 9.30. The summed E-state index contributed by atoms with van der Waals surface area (Å²) in [5.74, 6) is 0.677. The minimum absolute atomic E-state index is 0. The van der Waals surface area contributed by atoms with Crippen LogP contribution in [0.3, 0.4) is 0 Å². The van der Waals surface area contributed by atoms with Gasteiger partial charge in [0.25, 0.3) is 0 Å². The zero-order valence-corrected chi connectivity index (χ0v) is 16.1. The molecule has 0 fully saturated rings. The van der Waals surface area contributed by atoms with E-state index >= 15 is 0 Å². The van der Waals surface area contributed by atoms with Crippen molar-refractivity contribution in [2.75, 3.05) is 0 Å². The molecule has 0 aliphatic carbocycles. The van der Waals surface area contributed by atoms with Gasteiger partial charge in [0.1, 0.15) is 0 Å². The quantitative estimate of drug-likeness (QED) is 0.352. The molecule has 0 spiro atoms. The zero-order chi connectivity index (χ0) is 18.4. The van der Waals surface area contributed by atoms with Gasteiger partial charge in [-0.2, -0.15) is 0 Å². The molecule has 2 radical (unpaired) electrons. The molecule has 0 atom stereocenters. The van der Waals surface area contributed by atoms with Gasteiger partial charge in [0.15, 0.2) is 5.78 Å². The number of benzene rings is 1. The highest BCUT2D eigenvalue weighted by Crippen LogP contribution is 2.25. The van der Waals surface area contributed by atoms with Crippen LogP contribution in [0.25, 0.3) is 11.6 Å². The maximum Gasteiger partial charge on any atom is 0.162 e. The van der Waals surface area contributed by atoms with Gasteiger partial charge in [-0.05, 0) is 48.6 Å². The molecule has 1 rings (SSSR count). The summed E-state index contributed by atoms with van der Waals surface area (Å²) in [4.78, 5) is 12.4. The summed E-state index contributed by atoms with van der Waals surface area (Å²) in [6, 6.07) is 7.94.